The smallest absolute Gasteiger partial charge is 0.322 e. The lowest BCUT2D eigenvalue weighted by Crippen LogP contribution is -2.12. The summed E-state index contributed by atoms with van der Waals surface area (Å²) < 4.78 is 27.0. The number of rotatable bonds is 4. The number of ether oxygens (including phenoxy) is 1. The fraction of sp³-hybridized carbons (Fsp3) is 0. The predicted molar refractivity (Wildman–Crippen MR) is 93.9 cm³/mol. The molecule has 0 saturated heterocycles. The SMILES string of the molecule is O=C(Nc1cnc(Oc2ccccc2F)nc1)c1ccc2nsnc2c1. The Kier molecular flexibility index (Phi) is 4.20. The Balaban J connectivity index is 1.46. The van der Waals surface area contributed by atoms with Crippen LogP contribution in [-0.4, -0.2) is 24.6 Å². The van der Waals surface area contributed by atoms with Crippen LogP contribution < -0.4 is 10.1 Å². The summed E-state index contributed by atoms with van der Waals surface area (Å²) in [5.74, 6) is -0.818. The van der Waals surface area contributed by atoms with Crippen LogP contribution in [-0.2, 0) is 0 Å². The first-order chi connectivity index (χ1) is 12.7. The third-order valence-corrected chi connectivity index (χ3v) is 4.00. The maximum Gasteiger partial charge on any atom is 0.322 e. The number of amides is 1. The molecule has 0 atom stereocenters. The van der Waals surface area contributed by atoms with E-state index in [1.165, 1.54) is 24.5 Å². The monoisotopic (exact) mass is 367 g/mol. The number of hydrogen-bond donors (Lipinski definition) is 1. The molecule has 0 aliphatic rings. The average molecular weight is 367 g/mol. The molecule has 0 fully saturated rings. The highest BCUT2D eigenvalue weighted by Gasteiger charge is 2.10. The number of hydrogen-bond acceptors (Lipinski definition) is 7. The minimum absolute atomic E-state index is 0.0226. The van der Waals surface area contributed by atoms with Crippen molar-refractivity contribution >= 4 is 34.4 Å². The molecule has 0 bridgehead atoms. The second-order valence-corrected chi connectivity index (χ2v) is 5.74. The normalized spacial score (nSPS) is 10.7. The second kappa shape index (κ2) is 6.81. The molecule has 9 heteroatoms. The molecule has 4 aromatic rings. The van der Waals surface area contributed by atoms with Gasteiger partial charge in [0.05, 0.1) is 29.8 Å². The van der Waals surface area contributed by atoms with E-state index in [9.17, 15) is 9.18 Å². The molecule has 0 unspecified atom stereocenters. The number of carbonyl (C=O) groups is 1. The standard InChI is InChI=1S/C17H10FN5O2S/c18-12-3-1-2-4-15(12)25-17-19-8-11(9-20-17)21-16(24)10-5-6-13-14(7-10)23-26-22-13/h1-9H,(H,21,24). The van der Waals surface area contributed by atoms with E-state index in [0.29, 0.717) is 16.8 Å². The number of carbonyl (C=O) groups excluding carboxylic acids is 1. The van der Waals surface area contributed by atoms with Crippen molar-refractivity contribution in [3.05, 3.63) is 66.2 Å². The van der Waals surface area contributed by atoms with Gasteiger partial charge in [-0.1, -0.05) is 12.1 Å². The van der Waals surface area contributed by atoms with Gasteiger partial charge in [-0.25, -0.2) is 14.4 Å². The van der Waals surface area contributed by atoms with Gasteiger partial charge < -0.3 is 10.1 Å². The number of nitrogens with zero attached hydrogens (tertiary/aromatic N) is 4. The Morgan fingerprint density at radius 2 is 1.81 bits per heavy atom. The second-order valence-electron chi connectivity index (χ2n) is 5.21. The highest BCUT2D eigenvalue weighted by atomic mass is 32.1. The van der Waals surface area contributed by atoms with Crippen LogP contribution in [0.4, 0.5) is 10.1 Å². The minimum Gasteiger partial charge on any atom is -0.421 e. The van der Waals surface area contributed by atoms with Crippen molar-refractivity contribution in [3.8, 4) is 11.8 Å². The lowest BCUT2D eigenvalue weighted by Gasteiger charge is -2.07. The Bertz CT molecular complexity index is 1080. The molecular formula is C17H10FN5O2S. The molecule has 128 valence electrons. The lowest BCUT2D eigenvalue weighted by molar-refractivity contribution is 0.102. The number of aromatic nitrogens is 4. The Morgan fingerprint density at radius 3 is 2.62 bits per heavy atom. The summed E-state index contributed by atoms with van der Waals surface area (Å²) in [6.45, 7) is 0. The van der Waals surface area contributed by atoms with Crippen LogP contribution >= 0.6 is 11.7 Å². The molecule has 2 aromatic heterocycles. The quantitative estimate of drug-likeness (QED) is 0.592. The van der Waals surface area contributed by atoms with Crippen molar-refractivity contribution in [2.24, 2.45) is 0 Å². The fourth-order valence-corrected chi connectivity index (χ4v) is 2.70. The van der Waals surface area contributed by atoms with Crippen LogP contribution in [0.1, 0.15) is 10.4 Å². The predicted octanol–water partition coefficient (Wildman–Crippen LogP) is 3.67. The molecular weight excluding hydrogens is 357 g/mol. The first kappa shape index (κ1) is 16.0. The van der Waals surface area contributed by atoms with Gasteiger partial charge in [0.2, 0.25) is 0 Å². The zero-order valence-corrected chi connectivity index (χ0v) is 13.9. The third kappa shape index (κ3) is 3.33. The van der Waals surface area contributed by atoms with Gasteiger partial charge in [0.15, 0.2) is 11.6 Å². The van der Waals surface area contributed by atoms with Gasteiger partial charge in [-0.3, -0.25) is 4.79 Å². The van der Waals surface area contributed by atoms with Crippen LogP contribution in [0.25, 0.3) is 11.0 Å². The molecule has 0 aliphatic heterocycles. The molecule has 0 saturated carbocycles. The van der Waals surface area contributed by atoms with Crippen molar-refractivity contribution in [1.82, 2.24) is 18.7 Å². The number of fused-ring (bicyclic) bond motifs is 1. The number of anilines is 1. The van der Waals surface area contributed by atoms with Crippen LogP contribution in [0.2, 0.25) is 0 Å². The highest BCUT2D eigenvalue weighted by Crippen LogP contribution is 2.21. The largest absolute Gasteiger partial charge is 0.421 e. The van der Waals surface area contributed by atoms with Crippen molar-refractivity contribution in [3.63, 3.8) is 0 Å². The number of benzene rings is 2. The lowest BCUT2D eigenvalue weighted by atomic mass is 10.2. The molecule has 1 N–H and O–H groups in total. The Morgan fingerprint density at radius 1 is 1.04 bits per heavy atom. The van der Waals surface area contributed by atoms with Gasteiger partial charge >= 0.3 is 6.01 Å². The summed E-state index contributed by atoms with van der Waals surface area (Å²) in [5.41, 5.74) is 2.22. The number of halogens is 1. The molecule has 4 rings (SSSR count). The molecule has 0 aliphatic carbocycles. The van der Waals surface area contributed by atoms with Crippen LogP contribution in [0.3, 0.4) is 0 Å². The first-order valence-corrected chi connectivity index (χ1v) is 8.20. The van der Waals surface area contributed by atoms with E-state index in [0.717, 1.165) is 17.2 Å². The van der Waals surface area contributed by atoms with E-state index < -0.39 is 5.82 Å². The maximum atomic E-state index is 13.6. The van der Waals surface area contributed by atoms with Gasteiger partial charge in [-0.15, -0.1) is 0 Å². The zero-order valence-electron chi connectivity index (χ0n) is 13.1. The van der Waals surface area contributed by atoms with Crippen molar-refractivity contribution in [1.29, 1.82) is 0 Å². The van der Waals surface area contributed by atoms with E-state index in [-0.39, 0.29) is 17.7 Å². The van der Waals surface area contributed by atoms with E-state index in [1.807, 2.05) is 0 Å². The molecule has 2 aromatic carbocycles. The summed E-state index contributed by atoms with van der Waals surface area (Å²) in [4.78, 5) is 20.2. The van der Waals surface area contributed by atoms with Crippen LogP contribution in [0.15, 0.2) is 54.9 Å². The van der Waals surface area contributed by atoms with Gasteiger partial charge in [0.25, 0.3) is 5.91 Å². The molecule has 26 heavy (non-hydrogen) atoms. The minimum atomic E-state index is -0.514. The highest BCUT2D eigenvalue weighted by molar-refractivity contribution is 7.00. The number of para-hydroxylation sites is 1. The van der Waals surface area contributed by atoms with Gasteiger partial charge in [-0.05, 0) is 30.3 Å². The molecule has 2 heterocycles. The van der Waals surface area contributed by atoms with Crippen molar-refractivity contribution < 1.29 is 13.9 Å². The molecule has 0 spiro atoms. The third-order valence-electron chi connectivity index (χ3n) is 3.44. The van der Waals surface area contributed by atoms with Gasteiger partial charge in [-0.2, -0.15) is 8.75 Å². The Hall–Kier alpha value is -3.46. The van der Waals surface area contributed by atoms with Gasteiger partial charge in [0, 0.05) is 5.56 Å². The van der Waals surface area contributed by atoms with E-state index >= 15 is 0 Å². The summed E-state index contributed by atoms with van der Waals surface area (Å²) in [6.07, 6.45) is 2.76. The summed E-state index contributed by atoms with van der Waals surface area (Å²) in [6, 6.07) is 11.0. The van der Waals surface area contributed by atoms with Crippen molar-refractivity contribution in [2.75, 3.05) is 5.32 Å². The Labute approximate surface area is 150 Å². The maximum absolute atomic E-state index is 13.6. The molecule has 7 nitrogen and oxygen atoms in total. The van der Waals surface area contributed by atoms with Crippen LogP contribution in [0.5, 0.6) is 11.8 Å². The molecule has 0 radical (unpaired) electrons. The van der Waals surface area contributed by atoms with Crippen molar-refractivity contribution in [2.45, 2.75) is 0 Å². The number of nitrogens with one attached hydrogen (secondary N) is 1. The topological polar surface area (TPSA) is 89.9 Å². The summed E-state index contributed by atoms with van der Waals surface area (Å²) >= 11 is 1.09. The summed E-state index contributed by atoms with van der Waals surface area (Å²) in [5, 5.41) is 2.68. The average Bonchev–Trinajstić information content (AvgIpc) is 3.13. The van der Waals surface area contributed by atoms with E-state index in [2.05, 4.69) is 24.0 Å². The van der Waals surface area contributed by atoms with E-state index in [4.69, 9.17) is 4.74 Å². The molecule has 1 amide bonds. The van der Waals surface area contributed by atoms with Crippen LogP contribution in [0, 0.1) is 5.82 Å². The summed E-state index contributed by atoms with van der Waals surface area (Å²) in [7, 11) is 0. The van der Waals surface area contributed by atoms with Gasteiger partial charge in [0.1, 0.15) is 11.0 Å². The first-order valence-electron chi connectivity index (χ1n) is 7.47. The van der Waals surface area contributed by atoms with E-state index in [1.54, 1.807) is 30.3 Å². The zero-order chi connectivity index (χ0) is 17.9. The fourth-order valence-electron chi connectivity index (χ4n) is 2.19.